The first-order valence-corrected chi connectivity index (χ1v) is 2.52. The summed E-state index contributed by atoms with van der Waals surface area (Å²) < 4.78 is 0. The van der Waals surface area contributed by atoms with E-state index in [1.54, 1.807) is 11.8 Å². The van der Waals surface area contributed by atoms with Crippen LogP contribution in [0.15, 0.2) is 4.99 Å². The summed E-state index contributed by atoms with van der Waals surface area (Å²) in [5.41, 5.74) is 2.76. The van der Waals surface area contributed by atoms with Crippen molar-refractivity contribution in [2.24, 2.45) is 4.99 Å². The first kappa shape index (κ1) is 6.55. The molecule has 0 saturated carbocycles. The zero-order valence-electron chi connectivity index (χ0n) is 2.77. The Hall–Kier alpha value is 0.552. The highest BCUT2D eigenvalue weighted by Crippen LogP contribution is 1.99. The number of nitrogens with zero attached hydrogens (tertiary/aromatic N) is 1. The Kier molecular flexibility index (Phi) is 4.08. The first-order chi connectivity index (χ1) is 2.50. The lowest BCUT2D eigenvalue weighted by Gasteiger charge is -1.66. The van der Waals surface area contributed by atoms with Gasteiger partial charge in [-0.05, 0) is 0 Å². The number of thioether (sulfide) groups is 1. The van der Waals surface area contributed by atoms with E-state index in [1.807, 2.05) is 0 Å². The maximum atomic E-state index is 3.80. The molecule has 0 aromatic carbocycles. The average molecular weight is 116 g/mol. The second-order valence-electron chi connectivity index (χ2n) is 0.821. The van der Waals surface area contributed by atoms with Gasteiger partial charge in [0.05, 0.1) is 0 Å². The average Bonchev–Trinajstić information content (AvgIpc) is 1.76. The van der Waals surface area contributed by atoms with Gasteiger partial charge in [0, 0.05) is 12.3 Å². The molecule has 0 N–H and O–H groups in total. The lowest BCUT2D eigenvalue weighted by molar-refractivity contribution is 1.18. The molecule has 33 valence electrons. The molecule has 0 atom stereocenters. The fourth-order valence-corrected chi connectivity index (χ4v) is 0.685. The number of hydrogen-bond donors (Lipinski definition) is 0. The molecule has 1 radical (unpaired) electrons. The fourth-order valence-electron chi connectivity index (χ4n) is 0.228. The standard InChI is InChI=1S/C3H4NS.Al.3H/c1-2-5-3-4-1;;;;/h1-2H2;;;;. The predicted molar refractivity (Wildman–Crippen MR) is 34.7 cm³/mol. The van der Waals surface area contributed by atoms with Crippen LogP contribution in [0.5, 0.6) is 0 Å². The zero-order chi connectivity index (χ0) is 3.54. The van der Waals surface area contributed by atoms with Crippen molar-refractivity contribution in [2.75, 3.05) is 12.3 Å². The summed E-state index contributed by atoms with van der Waals surface area (Å²) in [5, 5.41) is 0. The molecule has 1 aliphatic heterocycles. The van der Waals surface area contributed by atoms with E-state index >= 15 is 0 Å². The van der Waals surface area contributed by atoms with E-state index in [9.17, 15) is 0 Å². The summed E-state index contributed by atoms with van der Waals surface area (Å²) in [5.74, 6) is 1.14. The minimum Gasteiger partial charge on any atom is -0.275 e. The molecule has 0 bridgehead atoms. The second kappa shape index (κ2) is 3.73. The molecular weight excluding hydrogens is 109 g/mol. The van der Waals surface area contributed by atoms with Gasteiger partial charge in [-0.1, -0.05) is 0 Å². The third-order valence-corrected chi connectivity index (χ3v) is 1.08. The molecule has 0 aromatic heterocycles. The molecule has 0 fully saturated rings. The van der Waals surface area contributed by atoms with E-state index in [2.05, 4.69) is 10.5 Å². The molecule has 6 heavy (non-hydrogen) atoms. The van der Waals surface area contributed by atoms with E-state index in [1.165, 1.54) is 0 Å². The highest BCUT2D eigenvalue weighted by molar-refractivity contribution is 8.12. The molecule has 0 aliphatic carbocycles. The quantitative estimate of drug-likeness (QED) is 0.387. The van der Waals surface area contributed by atoms with Gasteiger partial charge in [-0.2, -0.15) is 0 Å². The maximum absolute atomic E-state index is 3.80. The van der Waals surface area contributed by atoms with Crippen LogP contribution in [0.4, 0.5) is 0 Å². The third kappa shape index (κ3) is 1.86. The summed E-state index contributed by atoms with van der Waals surface area (Å²) in [6, 6.07) is 0. The Balaban J connectivity index is 0.000000250. The lowest BCUT2D eigenvalue weighted by Crippen LogP contribution is -1.69. The van der Waals surface area contributed by atoms with Crippen LogP contribution >= 0.6 is 11.8 Å². The van der Waals surface area contributed by atoms with Crippen molar-refractivity contribution < 1.29 is 0 Å². The van der Waals surface area contributed by atoms with Crippen molar-refractivity contribution in [3.63, 3.8) is 0 Å². The van der Waals surface area contributed by atoms with Gasteiger partial charge in [-0.3, -0.25) is 4.99 Å². The van der Waals surface area contributed by atoms with Gasteiger partial charge in [-0.25, -0.2) is 0 Å². The maximum Gasteiger partial charge on any atom is 0.187 e. The van der Waals surface area contributed by atoms with E-state index in [0.717, 1.165) is 12.3 Å². The van der Waals surface area contributed by atoms with Crippen LogP contribution < -0.4 is 0 Å². The smallest absolute Gasteiger partial charge is 0.187 e. The third-order valence-electron chi connectivity index (χ3n) is 0.434. The van der Waals surface area contributed by atoms with Crippen LogP contribution in [-0.2, 0) is 0 Å². The highest BCUT2D eigenvalue weighted by Gasteiger charge is 1.87. The van der Waals surface area contributed by atoms with Crippen molar-refractivity contribution >= 4 is 34.7 Å². The Morgan fingerprint density at radius 1 is 1.67 bits per heavy atom. The SMILES string of the molecule is [AlH3].[C]1=NCCS1. The van der Waals surface area contributed by atoms with Gasteiger partial charge in [-0.15, -0.1) is 11.8 Å². The molecule has 0 saturated heterocycles. The Bertz CT molecular complexity index is 48.8. The summed E-state index contributed by atoms with van der Waals surface area (Å²) in [6.45, 7) is 0.977. The summed E-state index contributed by atoms with van der Waals surface area (Å²) in [6.07, 6.45) is 0. The topological polar surface area (TPSA) is 12.4 Å². The van der Waals surface area contributed by atoms with E-state index in [0.29, 0.717) is 0 Å². The molecule has 1 heterocycles. The Labute approximate surface area is 52.4 Å². The summed E-state index contributed by atoms with van der Waals surface area (Å²) in [7, 11) is 0. The molecule has 0 unspecified atom stereocenters. The predicted octanol–water partition coefficient (Wildman–Crippen LogP) is -0.545. The second-order valence-corrected chi connectivity index (χ2v) is 1.70. The van der Waals surface area contributed by atoms with Crippen LogP contribution in [0, 0.1) is 0 Å². The fraction of sp³-hybridized carbons (Fsp3) is 0.667. The van der Waals surface area contributed by atoms with Crippen molar-refractivity contribution in [1.29, 1.82) is 0 Å². The van der Waals surface area contributed by atoms with Crippen molar-refractivity contribution in [3.05, 3.63) is 0 Å². The van der Waals surface area contributed by atoms with Crippen LogP contribution in [0.3, 0.4) is 0 Å². The number of hydrogen-bond acceptors (Lipinski definition) is 2. The van der Waals surface area contributed by atoms with Crippen LogP contribution in [0.25, 0.3) is 0 Å². The van der Waals surface area contributed by atoms with Gasteiger partial charge in [0.15, 0.2) is 17.4 Å². The molecule has 3 heteroatoms. The Morgan fingerprint density at radius 2 is 2.50 bits per heavy atom. The molecular formula is C3H7AlNS. The van der Waals surface area contributed by atoms with Gasteiger partial charge in [0.1, 0.15) is 5.55 Å². The lowest BCUT2D eigenvalue weighted by atomic mass is 10.8. The molecule has 0 spiro atoms. The van der Waals surface area contributed by atoms with Crippen LogP contribution in [0.1, 0.15) is 0 Å². The number of aliphatic imine (C=N–C) groups is 1. The summed E-state index contributed by atoms with van der Waals surface area (Å²) in [4.78, 5) is 3.80. The van der Waals surface area contributed by atoms with Crippen LogP contribution in [0.2, 0.25) is 0 Å². The van der Waals surface area contributed by atoms with Crippen LogP contribution in [-0.4, -0.2) is 35.2 Å². The molecule has 1 nitrogen and oxygen atoms in total. The van der Waals surface area contributed by atoms with E-state index < -0.39 is 0 Å². The van der Waals surface area contributed by atoms with Crippen molar-refractivity contribution in [1.82, 2.24) is 0 Å². The van der Waals surface area contributed by atoms with Crippen molar-refractivity contribution in [3.8, 4) is 0 Å². The van der Waals surface area contributed by atoms with Gasteiger partial charge in [0.2, 0.25) is 0 Å². The monoisotopic (exact) mass is 116 g/mol. The minimum atomic E-state index is 0. The van der Waals surface area contributed by atoms with E-state index in [4.69, 9.17) is 0 Å². The Morgan fingerprint density at radius 3 is 2.67 bits per heavy atom. The van der Waals surface area contributed by atoms with Gasteiger partial charge >= 0.3 is 0 Å². The zero-order valence-corrected chi connectivity index (χ0v) is 3.59. The first-order valence-electron chi connectivity index (χ1n) is 1.53. The molecule has 0 aromatic rings. The van der Waals surface area contributed by atoms with Crippen molar-refractivity contribution in [2.45, 2.75) is 0 Å². The molecule has 1 rings (SSSR count). The van der Waals surface area contributed by atoms with Gasteiger partial charge < -0.3 is 0 Å². The minimum absolute atomic E-state index is 0. The van der Waals surface area contributed by atoms with Gasteiger partial charge in [0.25, 0.3) is 0 Å². The largest absolute Gasteiger partial charge is 0.275 e. The van der Waals surface area contributed by atoms with E-state index in [-0.39, 0.29) is 17.4 Å². The summed E-state index contributed by atoms with van der Waals surface area (Å²) >= 11 is 1.66. The normalized spacial score (nSPS) is 17.3. The number of rotatable bonds is 0. The molecule has 1 aliphatic rings. The molecule has 0 amide bonds. The highest BCUT2D eigenvalue weighted by atomic mass is 32.2.